The number of hydrogen-bond donors (Lipinski definition) is 0. The predicted octanol–water partition coefficient (Wildman–Crippen LogP) is 8.34. The van der Waals surface area contributed by atoms with Crippen molar-refractivity contribution in [2.45, 2.75) is 0 Å². The summed E-state index contributed by atoms with van der Waals surface area (Å²) in [5.74, 6) is 0. The highest BCUT2D eigenvalue weighted by molar-refractivity contribution is 6.22. The molecule has 38 heavy (non-hydrogen) atoms. The average molecular weight is 487 g/mol. The summed E-state index contributed by atoms with van der Waals surface area (Å²) in [4.78, 5) is 0. The Hall–Kier alpha value is -5.22. The molecule has 0 saturated heterocycles. The van der Waals surface area contributed by atoms with Crippen LogP contribution in [0.25, 0.3) is 66.1 Å². The van der Waals surface area contributed by atoms with Crippen molar-refractivity contribution in [2.24, 2.45) is 0 Å². The van der Waals surface area contributed by atoms with Gasteiger partial charge >= 0.3 is 0 Å². The molecule has 0 unspecified atom stereocenters. The zero-order valence-corrected chi connectivity index (χ0v) is 20.5. The number of rotatable bonds is 3. The summed E-state index contributed by atoms with van der Waals surface area (Å²) in [5.41, 5.74) is 7.61. The van der Waals surface area contributed by atoms with Gasteiger partial charge in [-0.1, -0.05) is 84.9 Å². The highest BCUT2D eigenvalue weighted by atomic mass is 15.1. The summed E-state index contributed by atoms with van der Waals surface area (Å²) < 4.78 is 4.60. The first-order valence-corrected chi connectivity index (χ1v) is 12.8. The second-order valence-electron chi connectivity index (χ2n) is 9.59. The van der Waals surface area contributed by atoms with Crippen molar-refractivity contribution in [3.63, 3.8) is 0 Å². The van der Waals surface area contributed by atoms with Crippen molar-refractivity contribution in [1.82, 2.24) is 19.3 Å². The minimum absolute atomic E-state index is 0.858. The third-order valence-corrected chi connectivity index (χ3v) is 7.50. The van der Waals surface area contributed by atoms with Crippen molar-refractivity contribution in [2.75, 3.05) is 0 Å². The number of para-hydroxylation sites is 2. The Bertz CT molecular complexity index is 2120. The molecule has 0 saturated carbocycles. The van der Waals surface area contributed by atoms with Crippen molar-refractivity contribution in [3.05, 3.63) is 134 Å². The van der Waals surface area contributed by atoms with Gasteiger partial charge in [-0.05, 0) is 41.8 Å². The molecule has 0 aliphatic heterocycles. The maximum Gasteiger partial charge on any atom is 0.0950 e. The lowest BCUT2D eigenvalue weighted by Crippen LogP contribution is -1.98. The maximum absolute atomic E-state index is 4.45. The van der Waals surface area contributed by atoms with E-state index in [2.05, 4.69) is 129 Å². The molecule has 8 rings (SSSR count). The van der Waals surface area contributed by atoms with E-state index in [9.17, 15) is 0 Å². The molecule has 4 nitrogen and oxygen atoms in total. The fourth-order valence-electron chi connectivity index (χ4n) is 5.80. The van der Waals surface area contributed by atoms with Gasteiger partial charge in [0.2, 0.25) is 0 Å². The van der Waals surface area contributed by atoms with E-state index in [1.54, 1.807) is 0 Å². The van der Waals surface area contributed by atoms with Gasteiger partial charge in [0.05, 0.1) is 34.1 Å². The SMILES string of the molecule is c1ccc(-c2cc(-n3c4ccccc4c4ccc5c6ccn(-c7ccccc7)c6ccc5c43)cnn2)cc1. The average Bonchev–Trinajstić information content (AvgIpc) is 3.58. The number of aromatic nitrogens is 4. The predicted molar refractivity (Wildman–Crippen MR) is 156 cm³/mol. The van der Waals surface area contributed by atoms with Crippen molar-refractivity contribution in [1.29, 1.82) is 0 Å². The molecule has 178 valence electrons. The minimum atomic E-state index is 0.858. The van der Waals surface area contributed by atoms with Crippen LogP contribution in [0.3, 0.4) is 0 Å². The summed E-state index contributed by atoms with van der Waals surface area (Å²) in [5, 5.41) is 15.0. The highest BCUT2D eigenvalue weighted by Gasteiger charge is 2.17. The number of benzene rings is 5. The zero-order chi connectivity index (χ0) is 25.1. The van der Waals surface area contributed by atoms with Gasteiger partial charge in [-0.3, -0.25) is 0 Å². The molecule has 0 aliphatic rings. The number of hydrogen-bond acceptors (Lipinski definition) is 2. The van der Waals surface area contributed by atoms with Crippen LogP contribution < -0.4 is 0 Å². The van der Waals surface area contributed by atoms with Gasteiger partial charge in [-0.25, -0.2) is 0 Å². The first-order valence-electron chi connectivity index (χ1n) is 12.8. The highest BCUT2D eigenvalue weighted by Crippen LogP contribution is 2.39. The molecular weight excluding hydrogens is 464 g/mol. The number of nitrogens with zero attached hydrogens (tertiary/aromatic N) is 4. The first-order chi connectivity index (χ1) is 18.9. The van der Waals surface area contributed by atoms with Crippen molar-refractivity contribution >= 4 is 43.5 Å². The molecule has 0 radical (unpaired) electrons. The summed E-state index contributed by atoms with van der Waals surface area (Å²) in [6.45, 7) is 0. The molecule has 8 aromatic rings. The molecule has 0 bridgehead atoms. The van der Waals surface area contributed by atoms with Gasteiger partial charge in [0.1, 0.15) is 0 Å². The van der Waals surface area contributed by atoms with E-state index in [1.165, 1.54) is 38.0 Å². The Morgan fingerprint density at radius 3 is 2.05 bits per heavy atom. The van der Waals surface area contributed by atoms with Crippen molar-refractivity contribution < 1.29 is 0 Å². The Morgan fingerprint density at radius 2 is 1.18 bits per heavy atom. The molecule has 0 amide bonds. The van der Waals surface area contributed by atoms with Crippen LogP contribution in [0.15, 0.2) is 134 Å². The standard InChI is InChI=1S/C34H22N4/c1-3-9-23(10-4-1)31-21-25(22-35-36-31)38-33-14-8-7-13-27(33)30-16-15-26-28-19-20-37(24-11-5-2-6-12-24)32(28)18-17-29(26)34(30)38/h1-22H. The van der Waals surface area contributed by atoms with E-state index < -0.39 is 0 Å². The molecule has 0 spiro atoms. The molecule has 0 atom stereocenters. The van der Waals surface area contributed by atoms with E-state index in [4.69, 9.17) is 0 Å². The molecule has 0 aliphatic carbocycles. The molecular formula is C34H22N4. The normalized spacial score (nSPS) is 11.7. The lowest BCUT2D eigenvalue weighted by Gasteiger charge is -2.12. The second kappa shape index (κ2) is 8.15. The molecule has 3 heterocycles. The summed E-state index contributed by atoms with van der Waals surface area (Å²) >= 11 is 0. The monoisotopic (exact) mass is 486 g/mol. The van der Waals surface area contributed by atoms with E-state index in [1.807, 2.05) is 24.4 Å². The molecule has 4 heteroatoms. The minimum Gasteiger partial charge on any atom is -0.317 e. The zero-order valence-electron chi connectivity index (χ0n) is 20.5. The summed E-state index contributed by atoms with van der Waals surface area (Å²) in [6.07, 6.45) is 4.03. The Labute approximate surface area is 219 Å². The van der Waals surface area contributed by atoms with Gasteiger partial charge in [0, 0.05) is 39.0 Å². The Balaban J connectivity index is 1.45. The Morgan fingerprint density at radius 1 is 0.500 bits per heavy atom. The van der Waals surface area contributed by atoms with Crippen LogP contribution in [0, 0.1) is 0 Å². The van der Waals surface area contributed by atoms with Crippen LogP contribution in [-0.2, 0) is 0 Å². The fourth-order valence-corrected chi connectivity index (χ4v) is 5.80. The van der Waals surface area contributed by atoms with Gasteiger partial charge in [-0.2, -0.15) is 10.2 Å². The molecule has 3 aromatic heterocycles. The third kappa shape index (κ3) is 3.04. The largest absolute Gasteiger partial charge is 0.317 e. The second-order valence-corrected chi connectivity index (χ2v) is 9.59. The van der Waals surface area contributed by atoms with Crippen LogP contribution in [0.4, 0.5) is 0 Å². The molecule has 0 N–H and O–H groups in total. The Kier molecular flexibility index (Phi) is 4.49. The van der Waals surface area contributed by atoms with Gasteiger partial charge in [0.15, 0.2) is 0 Å². The van der Waals surface area contributed by atoms with Gasteiger partial charge in [-0.15, -0.1) is 0 Å². The quantitative estimate of drug-likeness (QED) is 0.252. The fraction of sp³-hybridized carbons (Fsp3) is 0. The smallest absolute Gasteiger partial charge is 0.0950 e. The van der Waals surface area contributed by atoms with Crippen LogP contribution in [0.5, 0.6) is 0 Å². The summed E-state index contributed by atoms with van der Waals surface area (Å²) in [7, 11) is 0. The van der Waals surface area contributed by atoms with Gasteiger partial charge < -0.3 is 9.13 Å². The van der Waals surface area contributed by atoms with E-state index in [0.717, 1.165) is 28.1 Å². The number of fused-ring (bicyclic) bond motifs is 7. The van der Waals surface area contributed by atoms with E-state index >= 15 is 0 Å². The van der Waals surface area contributed by atoms with E-state index in [0.29, 0.717) is 0 Å². The first kappa shape index (κ1) is 20.9. The third-order valence-electron chi connectivity index (χ3n) is 7.50. The topological polar surface area (TPSA) is 35.6 Å². The van der Waals surface area contributed by atoms with Crippen LogP contribution in [0.2, 0.25) is 0 Å². The molecule has 5 aromatic carbocycles. The lowest BCUT2D eigenvalue weighted by molar-refractivity contribution is 1.01. The van der Waals surface area contributed by atoms with E-state index in [-0.39, 0.29) is 0 Å². The van der Waals surface area contributed by atoms with Gasteiger partial charge in [0.25, 0.3) is 0 Å². The van der Waals surface area contributed by atoms with Crippen LogP contribution in [-0.4, -0.2) is 19.3 Å². The summed E-state index contributed by atoms with van der Waals surface area (Å²) in [6, 6.07) is 42.7. The molecule has 0 fully saturated rings. The van der Waals surface area contributed by atoms with Crippen molar-refractivity contribution in [3.8, 4) is 22.6 Å². The van der Waals surface area contributed by atoms with Crippen LogP contribution in [0.1, 0.15) is 0 Å². The maximum atomic E-state index is 4.45. The lowest BCUT2D eigenvalue weighted by atomic mass is 10.0. The van der Waals surface area contributed by atoms with Crippen LogP contribution >= 0.6 is 0 Å².